The van der Waals surface area contributed by atoms with Crippen molar-refractivity contribution in [2.75, 3.05) is 0 Å². The fourth-order valence-corrected chi connectivity index (χ4v) is 1.43. The molecule has 0 spiro atoms. The molecule has 0 aromatic carbocycles. The first kappa shape index (κ1) is 12.3. The molecular formula is C11H15NO4. The van der Waals surface area contributed by atoms with Crippen LogP contribution < -0.4 is 5.32 Å². The lowest BCUT2D eigenvalue weighted by Crippen LogP contribution is -2.40. The number of carbonyl (C=O) groups is 2. The van der Waals surface area contributed by atoms with E-state index in [2.05, 4.69) is 5.32 Å². The lowest BCUT2D eigenvalue weighted by molar-refractivity contribution is -0.139. The number of carboxylic acids is 1. The third kappa shape index (κ3) is 2.62. The predicted octanol–water partition coefficient (Wildman–Crippen LogP) is 1.49. The second-order valence-corrected chi connectivity index (χ2v) is 3.60. The first-order valence-corrected chi connectivity index (χ1v) is 5.06. The smallest absolute Gasteiger partial charge is 0.326 e. The molecule has 0 aliphatic rings. The lowest BCUT2D eigenvalue weighted by atomic mass is 10.2. The topological polar surface area (TPSA) is 79.5 Å². The van der Waals surface area contributed by atoms with Gasteiger partial charge in [0, 0.05) is 0 Å². The number of furan rings is 1. The van der Waals surface area contributed by atoms with Crippen molar-refractivity contribution in [1.82, 2.24) is 5.32 Å². The summed E-state index contributed by atoms with van der Waals surface area (Å²) in [5, 5.41) is 11.2. The summed E-state index contributed by atoms with van der Waals surface area (Å²) >= 11 is 0. The summed E-state index contributed by atoms with van der Waals surface area (Å²) in [5.74, 6) is -0.321. The quantitative estimate of drug-likeness (QED) is 0.813. The van der Waals surface area contributed by atoms with Gasteiger partial charge in [-0.05, 0) is 26.3 Å². The number of hydrogen-bond acceptors (Lipinski definition) is 3. The van der Waals surface area contributed by atoms with Crippen LogP contribution in [0.3, 0.4) is 0 Å². The van der Waals surface area contributed by atoms with Gasteiger partial charge >= 0.3 is 5.97 Å². The minimum absolute atomic E-state index is 0.344. The van der Waals surface area contributed by atoms with Crippen LogP contribution in [-0.2, 0) is 4.79 Å². The minimum atomic E-state index is -1.03. The SMILES string of the molecule is CC[C@H](NC(=O)c1cc(C)oc1C)C(=O)O. The van der Waals surface area contributed by atoms with Crippen LogP contribution in [-0.4, -0.2) is 23.0 Å². The number of amides is 1. The molecule has 16 heavy (non-hydrogen) atoms. The molecule has 1 atom stereocenters. The van der Waals surface area contributed by atoms with Gasteiger partial charge in [0.05, 0.1) is 5.56 Å². The van der Waals surface area contributed by atoms with Gasteiger partial charge in [0.1, 0.15) is 17.6 Å². The highest BCUT2D eigenvalue weighted by atomic mass is 16.4. The second-order valence-electron chi connectivity index (χ2n) is 3.60. The molecule has 0 aliphatic heterocycles. The molecule has 88 valence electrons. The molecule has 1 heterocycles. The van der Waals surface area contributed by atoms with E-state index in [4.69, 9.17) is 9.52 Å². The zero-order chi connectivity index (χ0) is 12.3. The summed E-state index contributed by atoms with van der Waals surface area (Å²) in [5.41, 5.74) is 0.386. The van der Waals surface area contributed by atoms with Crippen LogP contribution in [0.15, 0.2) is 10.5 Å². The Morgan fingerprint density at radius 2 is 2.12 bits per heavy atom. The van der Waals surface area contributed by atoms with E-state index in [0.29, 0.717) is 23.5 Å². The van der Waals surface area contributed by atoms with E-state index in [1.165, 1.54) is 0 Å². The van der Waals surface area contributed by atoms with Gasteiger partial charge in [0.15, 0.2) is 0 Å². The molecule has 0 saturated heterocycles. The summed E-state index contributed by atoms with van der Waals surface area (Å²) in [6, 6.07) is 0.737. The Morgan fingerprint density at radius 3 is 2.50 bits per heavy atom. The number of hydrogen-bond donors (Lipinski definition) is 2. The Bertz CT molecular complexity index is 408. The van der Waals surface area contributed by atoms with Crippen molar-refractivity contribution in [2.24, 2.45) is 0 Å². The van der Waals surface area contributed by atoms with Gasteiger partial charge in [-0.3, -0.25) is 4.79 Å². The highest BCUT2D eigenvalue weighted by molar-refractivity contribution is 5.97. The van der Waals surface area contributed by atoms with Crippen molar-refractivity contribution in [3.05, 3.63) is 23.2 Å². The van der Waals surface area contributed by atoms with Crippen LogP contribution in [0.5, 0.6) is 0 Å². The third-order valence-corrected chi connectivity index (χ3v) is 2.30. The summed E-state index contributed by atoms with van der Waals surface area (Å²) in [4.78, 5) is 22.5. The number of nitrogens with one attached hydrogen (secondary N) is 1. The maximum absolute atomic E-state index is 11.7. The van der Waals surface area contributed by atoms with Crippen molar-refractivity contribution in [1.29, 1.82) is 0 Å². The molecule has 0 unspecified atom stereocenters. The Balaban J connectivity index is 2.79. The van der Waals surface area contributed by atoms with E-state index in [1.807, 2.05) is 0 Å². The van der Waals surface area contributed by atoms with E-state index in [1.54, 1.807) is 26.8 Å². The molecule has 0 fully saturated rings. The fraction of sp³-hybridized carbons (Fsp3) is 0.455. The summed E-state index contributed by atoms with van der Waals surface area (Å²) in [6.07, 6.45) is 0.344. The van der Waals surface area contributed by atoms with Crippen molar-refractivity contribution in [2.45, 2.75) is 33.2 Å². The average molecular weight is 225 g/mol. The zero-order valence-electron chi connectivity index (χ0n) is 9.53. The van der Waals surface area contributed by atoms with Gasteiger partial charge in [-0.15, -0.1) is 0 Å². The van der Waals surface area contributed by atoms with Gasteiger partial charge in [-0.1, -0.05) is 6.92 Å². The van der Waals surface area contributed by atoms with Crippen LogP contribution in [0.4, 0.5) is 0 Å². The minimum Gasteiger partial charge on any atom is -0.480 e. The summed E-state index contributed by atoms with van der Waals surface area (Å²) in [7, 11) is 0. The van der Waals surface area contributed by atoms with Gasteiger partial charge < -0.3 is 14.8 Å². The number of rotatable bonds is 4. The Labute approximate surface area is 93.4 Å². The van der Waals surface area contributed by atoms with E-state index in [-0.39, 0.29) is 0 Å². The van der Waals surface area contributed by atoms with E-state index in [9.17, 15) is 9.59 Å². The van der Waals surface area contributed by atoms with Crippen molar-refractivity contribution < 1.29 is 19.1 Å². The first-order chi connectivity index (χ1) is 7.45. The first-order valence-electron chi connectivity index (χ1n) is 5.06. The van der Waals surface area contributed by atoms with Gasteiger partial charge in [-0.2, -0.15) is 0 Å². The van der Waals surface area contributed by atoms with Crippen molar-refractivity contribution in [3.63, 3.8) is 0 Å². The maximum Gasteiger partial charge on any atom is 0.326 e. The molecule has 0 bridgehead atoms. The van der Waals surface area contributed by atoms with Gasteiger partial charge in [0.25, 0.3) is 5.91 Å². The molecule has 1 rings (SSSR count). The van der Waals surface area contributed by atoms with Gasteiger partial charge in [-0.25, -0.2) is 4.79 Å². The number of carboxylic acid groups (broad SMARTS) is 1. The van der Waals surface area contributed by atoms with E-state index >= 15 is 0 Å². The average Bonchev–Trinajstić information content (AvgIpc) is 2.53. The Kier molecular flexibility index (Phi) is 3.71. The molecule has 1 aromatic heterocycles. The molecular weight excluding hydrogens is 210 g/mol. The maximum atomic E-state index is 11.7. The molecule has 0 radical (unpaired) electrons. The fourth-order valence-electron chi connectivity index (χ4n) is 1.43. The number of aliphatic carboxylic acids is 1. The second kappa shape index (κ2) is 4.83. The number of carbonyl (C=O) groups excluding carboxylic acids is 1. The number of aryl methyl sites for hydroxylation is 2. The summed E-state index contributed by atoms with van der Waals surface area (Å²) < 4.78 is 5.20. The van der Waals surface area contributed by atoms with Crippen LogP contribution in [0.25, 0.3) is 0 Å². The Morgan fingerprint density at radius 1 is 1.50 bits per heavy atom. The molecule has 1 amide bonds. The monoisotopic (exact) mass is 225 g/mol. The lowest BCUT2D eigenvalue weighted by Gasteiger charge is -2.11. The van der Waals surface area contributed by atoms with Crippen LogP contribution in [0.2, 0.25) is 0 Å². The molecule has 5 nitrogen and oxygen atoms in total. The van der Waals surface area contributed by atoms with Crippen LogP contribution in [0, 0.1) is 13.8 Å². The predicted molar refractivity (Wildman–Crippen MR) is 57.4 cm³/mol. The standard InChI is InChI=1S/C11H15NO4/c1-4-9(11(14)15)12-10(13)8-5-6(2)16-7(8)3/h5,9H,4H2,1-3H3,(H,12,13)(H,14,15)/t9-/m0/s1. The van der Waals surface area contributed by atoms with Crippen molar-refractivity contribution in [3.8, 4) is 0 Å². The van der Waals surface area contributed by atoms with E-state index in [0.717, 1.165) is 0 Å². The van der Waals surface area contributed by atoms with E-state index < -0.39 is 17.9 Å². The molecule has 0 aliphatic carbocycles. The third-order valence-electron chi connectivity index (χ3n) is 2.30. The molecule has 0 saturated carbocycles. The molecule has 1 aromatic rings. The Hall–Kier alpha value is -1.78. The highest BCUT2D eigenvalue weighted by Crippen LogP contribution is 2.13. The molecule has 2 N–H and O–H groups in total. The molecule has 5 heteroatoms. The normalized spacial score (nSPS) is 12.2. The zero-order valence-corrected chi connectivity index (χ0v) is 9.53. The van der Waals surface area contributed by atoms with Crippen LogP contribution in [0.1, 0.15) is 35.2 Å². The van der Waals surface area contributed by atoms with Crippen molar-refractivity contribution >= 4 is 11.9 Å². The van der Waals surface area contributed by atoms with Gasteiger partial charge in [0.2, 0.25) is 0 Å². The van der Waals surface area contributed by atoms with Crippen LogP contribution >= 0.6 is 0 Å². The summed E-state index contributed by atoms with van der Waals surface area (Å²) in [6.45, 7) is 5.11. The highest BCUT2D eigenvalue weighted by Gasteiger charge is 2.20. The largest absolute Gasteiger partial charge is 0.480 e.